The molecule has 0 saturated heterocycles. The van der Waals surface area contributed by atoms with Crippen molar-refractivity contribution in [3.05, 3.63) is 57.2 Å². The third-order valence-electron chi connectivity index (χ3n) is 4.14. The molecule has 1 aromatic carbocycles. The second-order valence-corrected chi connectivity index (χ2v) is 6.50. The summed E-state index contributed by atoms with van der Waals surface area (Å²) in [4.78, 5) is 14.0. The quantitative estimate of drug-likeness (QED) is 0.895. The molecule has 0 atom stereocenters. The summed E-state index contributed by atoms with van der Waals surface area (Å²) in [5.41, 5.74) is 10.9. The van der Waals surface area contributed by atoms with Gasteiger partial charge in [-0.25, -0.2) is 0 Å². The first-order chi connectivity index (χ1) is 10.2. The highest BCUT2D eigenvalue weighted by atomic mass is 79.9. The molecule has 1 aromatic rings. The fraction of sp³-hybridized carbons (Fsp3) is 0.353. The molecular weight excluding hydrogens is 328 g/mol. The van der Waals surface area contributed by atoms with Crippen molar-refractivity contribution in [2.24, 2.45) is 5.73 Å². The molecule has 0 amide bonds. The summed E-state index contributed by atoms with van der Waals surface area (Å²) in [6, 6.07) is 6.48. The van der Waals surface area contributed by atoms with Crippen LogP contribution in [0.5, 0.6) is 0 Å². The van der Waals surface area contributed by atoms with Crippen LogP contribution in [0, 0.1) is 0 Å². The Bertz CT molecular complexity index is 634. The molecule has 1 aliphatic carbocycles. The van der Waals surface area contributed by atoms with Gasteiger partial charge in [0, 0.05) is 36.2 Å². The van der Waals surface area contributed by atoms with Gasteiger partial charge >= 0.3 is 0 Å². The number of hydrogen-bond donors (Lipinski definition) is 1. The minimum atomic E-state index is 0.205. The second kappa shape index (κ2) is 6.16. The number of halogens is 1. The number of aryl methyl sites for hydroxylation is 1. The van der Waals surface area contributed by atoms with Crippen LogP contribution in [0.4, 0.5) is 0 Å². The number of ketones is 1. The highest BCUT2D eigenvalue weighted by molar-refractivity contribution is 9.10. The smallest absolute Gasteiger partial charge is 0.159 e. The maximum absolute atomic E-state index is 11.7. The van der Waals surface area contributed by atoms with Crippen molar-refractivity contribution in [3.63, 3.8) is 0 Å². The first-order valence-corrected chi connectivity index (χ1v) is 8.12. The predicted molar refractivity (Wildman–Crippen MR) is 87.7 cm³/mol. The Kier molecular flexibility index (Phi) is 4.27. The van der Waals surface area contributed by atoms with Crippen LogP contribution in [0.15, 0.2) is 46.1 Å². The Balaban J connectivity index is 1.99. The van der Waals surface area contributed by atoms with E-state index in [1.54, 1.807) is 6.08 Å². The third kappa shape index (κ3) is 3.11. The molecule has 3 nitrogen and oxygen atoms in total. The summed E-state index contributed by atoms with van der Waals surface area (Å²) in [7, 11) is 0. The first-order valence-electron chi connectivity index (χ1n) is 7.32. The number of rotatable bonds is 2. The Morgan fingerprint density at radius 3 is 2.86 bits per heavy atom. The summed E-state index contributed by atoms with van der Waals surface area (Å²) < 4.78 is 1.11. The lowest BCUT2D eigenvalue weighted by atomic mass is 9.90. The van der Waals surface area contributed by atoms with Gasteiger partial charge in [-0.2, -0.15) is 0 Å². The Morgan fingerprint density at radius 2 is 2.05 bits per heavy atom. The molecule has 1 aliphatic heterocycles. The number of allylic oxidation sites excluding steroid dienone is 3. The highest BCUT2D eigenvalue weighted by Crippen LogP contribution is 2.30. The Labute approximate surface area is 133 Å². The molecule has 21 heavy (non-hydrogen) atoms. The van der Waals surface area contributed by atoms with Gasteiger partial charge < -0.3 is 10.6 Å². The van der Waals surface area contributed by atoms with E-state index >= 15 is 0 Å². The molecule has 0 aromatic heterocycles. The van der Waals surface area contributed by atoms with E-state index in [2.05, 4.69) is 39.0 Å². The van der Waals surface area contributed by atoms with Crippen molar-refractivity contribution >= 4 is 21.7 Å². The van der Waals surface area contributed by atoms with Crippen LogP contribution >= 0.6 is 15.9 Å². The van der Waals surface area contributed by atoms with Crippen LogP contribution in [-0.2, 0) is 17.8 Å². The predicted octanol–water partition coefficient (Wildman–Crippen LogP) is 2.94. The molecule has 2 N–H and O–H groups in total. The summed E-state index contributed by atoms with van der Waals surface area (Å²) in [6.45, 7) is 2.29. The standard InChI is InChI=1S/C17H19BrN2O/c18-15-4-3-14-11-20(8-7-19)17-6-5-16(21)10-13(17)2-1-12(14)9-15/h3-6,9H,1-2,7-8,10-11,19H2. The molecule has 0 spiro atoms. The van der Waals surface area contributed by atoms with Crippen molar-refractivity contribution in [1.29, 1.82) is 0 Å². The van der Waals surface area contributed by atoms with Gasteiger partial charge in [-0.05, 0) is 53.8 Å². The van der Waals surface area contributed by atoms with Gasteiger partial charge in [-0.1, -0.05) is 22.0 Å². The van der Waals surface area contributed by atoms with E-state index in [1.165, 1.54) is 22.4 Å². The minimum Gasteiger partial charge on any atom is -0.366 e. The molecule has 0 fully saturated rings. The van der Waals surface area contributed by atoms with Gasteiger partial charge in [0.15, 0.2) is 5.78 Å². The average molecular weight is 347 g/mol. The number of nitrogens with two attached hydrogens (primary N) is 1. The molecule has 110 valence electrons. The van der Waals surface area contributed by atoms with Crippen LogP contribution in [0.25, 0.3) is 0 Å². The van der Waals surface area contributed by atoms with Gasteiger partial charge in [0.2, 0.25) is 0 Å². The summed E-state index contributed by atoms with van der Waals surface area (Å²) >= 11 is 3.55. The van der Waals surface area contributed by atoms with Crippen molar-refractivity contribution < 1.29 is 4.79 Å². The van der Waals surface area contributed by atoms with Crippen LogP contribution in [-0.4, -0.2) is 23.8 Å². The molecule has 1 heterocycles. The maximum Gasteiger partial charge on any atom is 0.159 e. The van der Waals surface area contributed by atoms with Gasteiger partial charge in [0.25, 0.3) is 0 Å². The minimum absolute atomic E-state index is 0.205. The van der Waals surface area contributed by atoms with Crippen molar-refractivity contribution in [3.8, 4) is 0 Å². The fourth-order valence-corrected chi connectivity index (χ4v) is 3.52. The second-order valence-electron chi connectivity index (χ2n) is 5.59. The SMILES string of the molecule is NCCN1Cc2ccc(Br)cc2CCC2=C1C=CC(=O)C2. The van der Waals surface area contributed by atoms with E-state index in [4.69, 9.17) is 5.73 Å². The van der Waals surface area contributed by atoms with Crippen molar-refractivity contribution in [2.45, 2.75) is 25.8 Å². The monoisotopic (exact) mass is 346 g/mol. The van der Waals surface area contributed by atoms with E-state index < -0.39 is 0 Å². The molecule has 0 saturated carbocycles. The van der Waals surface area contributed by atoms with Gasteiger partial charge in [-0.15, -0.1) is 0 Å². The fourth-order valence-electron chi connectivity index (χ4n) is 3.11. The maximum atomic E-state index is 11.7. The number of carbonyl (C=O) groups is 1. The molecule has 0 unspecified atom stereocenters. The molecule has 2 aliphatic rings. The zero-order chi connectivity index (χ0) is 14.8. The first kappa shape index (κ1) is 14.5. The van der Waals surface area contributed by atoms with Gasteiger partial charge in [0.05, 0.1) is 0 Å². The van der Waals surface area contributed by atoms with Crippen LogP contribution in [0.1, 0.15) is 24.0 Å². The normalized spacial score (nSPS) is 18.2. The van der Waals surface area contributed by atoms with Crippen LogP contribution in [0.2, 0.25) is 0 Å². The zero-order valence-electron chi connectivity index (χ0n) is 11.9. The molecule has 0 radical (unpaired) electrons. The lowest BCUT2D eigenvalue weighted by Crippen LogP contribution is -2.31. The average Bonchev–Trinajstić information content (AvgIpc) is 2.45. The van der Waals surface area contributed by atoms with E-state index in [1.807, 2.05) is 6.08 Å². The van der Waals surface area contributed by atoms with Crippen molar-refractivity contribution in [2.75, 3.05) is 13.1 Å². The lowest BCUT2D eigenvalue weighted by Gasteiger charge is -2.32. The summed E-state index contributed by atoms with van der Waals surface area (Å²) in [5, 5.41) is 0. The summed E-state index contributed by atoms with van der Waals surface area (Å²) in [5.74, 6) is 0.205. The van der Waals surface area contributed by atoms with Crippen LogP contribution < -0.4 is 5.73 Å². The van der Waals surface area contributed by atoms with Crippen LogP contribution in [0.3, 0.4) is 0 Å². The number of hydrogen-bond acceptors (Lipinski definition) is 3. The van der Waals surface area contributed by atoms with E-state index in [0.29, 0.717) is 13.0 Å². The Hall–Kier alpha value is -1.39. The molecule has 4 heteroatoms. The van der Waals surface area contributed by atoms with E-state index in [0.717, 1.165) is 30.4 Å². The van der Waals surface area contributed by atoms with E-state index in [-0.39, 0.29) is 5.78 Å². The number of fused-ring (bicyclic) bond motifs is 1. The number of benzene rings is 1. The lowest BCUT2D eigenvalue weighted by molar-refractivity contribution is -0.114. The largest absolute Gasteiger partial charge is 0.366 e. The third-order valence-corrected chi connectivity index (χ3v) is 4.64. The van der Waals surface area contributed by atoms with E-state index in [9.17, 15) is 4.79 Å². The zero-order valence-corrected chi connectivity index (χ0v) is 13.5. The highest BCUT2D eigenvalue weighted by Gasteiger charge is 2.22. The molecule has 0 bridgehead atoms. The van der Waals surface area contributed by atoms with Gasteiger partial charge in [0.1, 0.15) is 0 Å². The summed E-state index contributed by atoms with van der Waals surface area (Å²) in [6.07, 6.45) is 6.16. The number of carbonyl (C=O) groups excluding carboxylic acids is 1. The van der Waals surface area contributed by atoms with Crippen molar-refractivity contribution in [1.82, 2.24) is 4.90 Å². The molecular formula is C17H19BrN2O. The van der Waals surface area contributed by atoms with Gasteiger partial charge in [-0.3, -0.25) is 4.79 Å². The number of nitrogens with zero attached hydrogens (tertiary/aromatic N) is 1. The topological polar surface area (TPSA) is 46.3 Å². The Morgan fingerprint density at radius 1 is 1.19 bits per heavy atom. The molecule has 3 rings (SSSR count).